The van der Waals surface area contributed by atoms with Crippen LogP contribution in [0.4, 0.5) is 4.39 Å². The Balaban J connectivity index is 3.24. The van der Waals surface area contributed by atoms with Crippen LogP contribution in [-0.2, 0) is 20.8 Å². The molecule has 21 heavy (non-hydrogen) atoms. The molecule has 3 N–H and O–H groups in total. The topological polar surface area (TPSA) is 106 Å². The van der Waals surface area contributed by atoms with Crippen LogP contribution in [0.25, 0.3) is 0 Å². The van der Waals surface area contributed by atoms with Crippen molar-refractivity contribution in [1.82, 2.24) is 5.32 Å². The molecule has 1 amide bonds. The zero-order chi connectivity index (χ0) is 16.4. The molecule has 0 aliphatic rings. The molecule has 0 fully saturated rings. The van der Waals surface area contributed by atoms with Gasteiger partial charge in [0.25, 0.3) is 5.91 Å². The minimum absolute atomic E-state index is 0.0488. The molecule has 0 aliphatic carbocycles. The van der Waals surface area contributed by atoms with E-state index in [2.05, 4.69) is 5.32 Å². The largest absolute Gasteiger partial charge is 0.351 e. The van der Waals surface area contributed by atoms with Crippen LogP contribution in [0, 0.1) is 5.82 Å². The Kier molecular flexibility index (Phi) is 6.11. The number of benzene rings is 1. The lowest BCUT2D eigenvalue weighted by Crippen LogP contribution is -2.28. The second-order valence-electron chi connectivity index (χ2n) is 3.94. The minimum atomic E-state index is -4.41. The highest BCUT2D eigenvalue weighted by Gasteiger charge is 2.26. The van der Waals surface area contributed by atoms with Crippen molar-refractivity contribution in [3.05, 3.63) is 27.5 Å². The molecule has 0 saturated heterocycles. The maximum Gasteiger partial charge on any atom is 0.252 e. The summed E-state index contributed by atoms with van der Waals surface area (Å²) in [5.41, 5.74) is -0.426. The fourth-order valence-electron chi connectivity index (χ4n) is 1.40. The third-order valence-electron chi connectivity index (χ3n) is 2.32. The first-order valence-corrected chi connectivity index (χ1v) is 9.37. The Morgan fingerprint density at radius 1 is 1.43 bits per heavy atom. The summed E-state index contributed by atoms with van der Waals surface area (Å²) >= 11 is 11.3. The highest BCUT2D eigenvalue weighted by molar-refractivity contribution is 7.89. The number of rotatable bonds is 5. The van der Waals surface area contributed by atoms with Gasteiger partial charge in [0.2, 0.25) is 10.0 Å². The van der Waals surface area contributed by atoms with Crippen molar-refractivity contribution in [2.75, 3.05) is 18.6 Å². The van der Waals surface area contributed by atoms with E-state index in [4.69, 9.17) is 28.3 Å². The van der Waals surface area contributed by atoms with Gasteiger partial charge in [-0.2, -0.15) is 0 Å². The van der Waals surface area contributed by atoms with Gasteiger partial charge in [0.15, 0.2) is 0 Å². The van der Waals surface area contributed by atoms with Crippen LogP contribution in [0.3, 0.4) is 0 Å². The van der Waals surface area contributed by atoms with Gasteiger partial charge in [0.1, 0.15) is 10.7 Å². The van der Waals surface area contributed by atoms with Crippen LogP contribution in [0.5, 0.6) is 0 Å². The zero-order valence-electron chi connectivity index (χ0n) is 10.7. The molecule has 0 aliphatic heterocycles. The predicted molar refractivity (Wildman–Crippen MR) is 79.1 cm³/mol. The van der Waals surface area contributed by atoms with E-state index in [9.17, 15) is 21.8 Å². The number of nitrogens with one attached hydrogen (secondary N) is 1. The average Bonchev–Trinajstić information content (AvgIpc) is 2.31. The zero-order valence-corrected chi connectivity index (χ0v) is 13.8. The molecule has 0 heterocycles. The van der Waals surface area contributed by atoms with Gasteiger partial charge >= 0.3 is 0 Å². The number of halogens is 3. The van der Waals surface area contributed by atoms with Gasteiger partial charge in [-0.15, -0.1) is 0 Å². The molecule has 1 rings (SSSR count). The van der Waals surface area contributed by atoms with Crippen molar-refractivity contribution in [3.8, 4) is 0 Å². The van der Waals surface area contributed by atoms with Crippen molar-refractivity contribution in [1.29, 1.82) is 0 Å². The van der Waals surface area contributed by atoms with Crippen LogP contribution >= 0.6 is 23.2 Å². The van der Waals surface area contributed by atoms with E-state index in [0.29, 0.717) is 6.07 Å². The van der Waals surface area contributed by atoms with Crippen molar-refractivity contribution < 1.29 is 21.8 Å². The lowest BCUT2D eigenvalue weighted by atomic mass is 10.2. The third kappa shape index (κ3) is 4.62. The summed E-state index contributed by atoms with van der Waals surface area (Å²) in [5, 5.41) is 5.88. The number of sulfonamides is 1. The van der Waals surface area contributed by atoms with Gasteiger partial charge in [0.05, 0.1) is 15.6 Å². The molecule has 6 nitrogen and oxygen atoms in total. The molecule has 0 aromatic heterocycles. The summed E-state index contributed by atoms with van der Waals surface area (Å²) in [7, 11) is -5.54. The lowest BCUT2D eigenvalue weighted by Gasteiger charge is -2.11. The second-order valence-corrected chi connectivity index (χ2v) is 7.75. The van der Waals surface area contributed by atoms with E-state index in [-0.39, 0.29) is 12.3 Å². The van der Waals surface area contributed by atoms with Gasteiger partial charge in [0, 0.05) is 29.4 Å². The molecule has 0 spiro atoms. The number of primary sulfonamides is 1. The Morgan fingerprint density at radius 2 is 2.00 bits per heavy atom. The SMILES string of the molecule is CS(=O)CCNC(=O)c1cc(F)c(Cl)c(S(N)(=O)=O)c1Cl. The van der Waals surface area contributed by atoms with Gasteiger partial charge in [-0.3, -0.25) is 9.00 Å². The number of carbonyl (C=O) groups excluding carboxylic acids is 1. The van der Waals surface area contributed by atoms with Gasteiger partial charge < -0.3 is 5.32 Å². The van der Waals surface area contributed by atoms with E-state index < -0.39 is 53.1 Å². The summed E-state index contributed by atoms with van der Waals surface area (Å²) in [6, 6.07) is 0.706. The fourth-order valence-corrected chi connectivity index (χ4v) is 3.57. The van der Waals surface area contributed by atoms with E-state index in [0.717, 1.165) is 0 Å². The number of nitrogens with two attached hydrogens (primary N) is 1. The van der Waals surface area contributed by atoms with Gasteiger partial charge in [-0.05, 0) is 6.07 Å². The van der Waals surface area contributed by atoms with Crippen molar-refractivity contribution in [2.24, 2.45) is 5.14 Å². The quantitative estimate of drug-likeness (QED) is 0.744. The first-order chi connectivity index (χ1) is 9.55. The second kappa shape index (κ2) is 7.01. The number of carbonyl (C=O) groups is 1. The maximum absolute atomic E-state index is 13.6. The Bertz CT molecular complexity index is 709. The smallest absolute Gasteiger partial charge is 0.252 e. The molecular formula is C10H11Cl2FN2O4S2. The molecule has 1 aromatic carbocycles. The lowest BCUT2D eigenvalue weighted by molar-refractivity contribution is 0.0955. The number of amides is 1. The van der Waals surface area contributed by atoms with Crippen LogP contribution in [0.15, 0.2) is 11.0 Å². The normalized spacial score (nSPS) is 13.0. The van der Waals surface area contributed by atoms with E-state index in [1.54, 1.807) is 0 Å². The van der Waals surface area contributed by atoms with E-state index >= 15 is 0 Å². The number of hydrogen-bond donors (Lipinski definition) is 2. The van der Waals surface area contributed by atoms with E-state index in [1.165, 1.54) is 6.26 Å². The van der Waals surface area contributed by atoms with Crippen LogP contribution < -0.4 is 10.5 Å². The Labute approximate surface area is 133 Å². The van der Waals surface area contributed by atoms with Crippen LogP contribution in [0.1, 0.15) is 10.4 Å². The Hall–Kier alpha value is -0.740. The minimum Gasteiger partial charge on any atom is -0.351 e. The molecule has 11 heteroatoms. The highest BCUT2D eigenvalue weighted by atomic mass is 35.5. The monoisotopic (exact) mass is 376 g/mol. The molecule has 0 radical (unpaired) electrons. The summed E-state index contributed by atoms with van der Waals surface area (Å²) in [6.45, 7) is 0.0488. The van der Waals surface area contributed by atoms with Crippen LogP contribution in [0.2, 0.25) is 10.0 Å². The van der Waals surface area contributed by atoms with Crippen molar-refractivity contribution in [2.45, 2.75) is 4.90 Å². The molecule has 0 bridgehead atoms. The molecule has 1 atom stereocenters. The average molecular weight is 377 g/mol. The fraction of sp³-hybridized carbons (Fsp3) is 0.300. The van der Waals surface area contributed by atoms with Crippen LogP contribution in [-0.4, -0.2) is 37.1 Å². The molecule has 1 unspecified atom stereocenters. The molecular weight excluding hydrogens is 366 g/mol. The maximum atomic E-state index is 13.6. The standard InChI is InChI=1S/C10H11Cl2FN2O4S2/c1-20(17)3-2-15-10(16)5-4-6(13)8(12)9(7(5)11)21(14,18)19/h4H,2-3H2,1H3,(H,15,16)(H2,14,18,19). The predicted octanol–water partition coefficient (Wildman–Crippen LogP) is 0.888. The first kappa shape index (κ1) is 18.3. The van der Waals surface area contributed by atoms with Gasteiger partial charge in [-0.1, -0.05) is 23.2 Å². The van der Waals surface area contributed by atoms with E-state index in [1.807, 2.05) is 0 Å². The first-order valence-electron chi connectivity index (χ1n) is 5.34. The molecule has 118 valence electrons. The van der Waals surface area contributed by atoms with Crippen molar-refractivity contribution in [3.63, 3.8) is 0 Å². The van der Waals surface area contributed by atoms with Gasteiger partial charge in [-0.25, -0.2) is 17.9 Å². The highest BCUT2D eigenvalue weighted by Crippen LogP contribution is 2.33. The summed E-state index contributed by atoms with van der Waals surface area (Å²) in [5.74, 6) is -1.79. The number of hydrogen-bond acceptors (Lipinski definition) is 4. The summed E-state index contributed by atoms with van der Waals surface area (Å²) < 4.78 is 47.2. The van der Waals surface area contributed by atoms with Crippen molar-refractivity contribution >= 4 is 49.9 Å². The summed E-state index contributed by atoms with van der Waals surface area (Å²) in [6.07, 6.45) is 1.44. The third-order valence-corrected chi connectivity index (χ3v) is 5.06. The summed E-state index contributed by atoms with van der Waals surface area (Å²) in [4.78, 5) is 11.0. The molecule has 0 saturated carbocycles. The Morgan fingerprint density at radius 3 is 2.48 bits per heavy atom. The molecule has 1 aromatic rings.